The van der Waals surface area contributed by atoms with Gasteiger partial charge in [-0.3, -0.25) is 9.59 Å². The first-order valence-electron chi connectivity index (χ1n) is 10.9. The van der Waals surface area contributed by atoms with Crippen molar-refractivity contribution in [2.45, 2.75) is 53.0 Å². The maximum Gasteiger partial charge on any atom is 0.256 e. The third-order valence-electron chi connectivity index (χ3n) is 6.33. The average Bonchev–Trinajstić information content (AvgIpc) is 3.15. The van der Waals surface area contributed by atoms with Crippen molar-refractivity contribution in [2.24, 2.45) is 11.8 Å². The van der Waals surface area contributed by atoms with Gasteiger partial charge in [-0.1, -0.05) is 6.92 Å². The summed E-state index contributed by atoms with van der Waals surface area (Å²) < 4.78 is 15.0. The zero-order chi connectivity index (χ0) is 23.0. The van der Waals surface area contributed by atoms with Gasteiger partial charge in [0.05, 0.1) is 6.20 Å². The van der Waals surface area contributed by atoms with Gasteiger partial charge in [0, 0.05) is 29.0 Å². The van der Waals surface area contributed by atoms with Crippen LogP contribution in [0.1, 0.15) is 53.5 Å². The molecule has 1 aliphatic carbocycles. The molecule has 0 bridgehead atoms. The molecule has 8 heteroatoms. The first kappa shape index (κ1) is 21.9. The van der Waals surface area contributed by atoms with E-state index in [1.165, 1.54) is 12.1 Å². The molecule has 2 aromatic heterocycles. The van der Waals surface area contributed by atoms with Crippen molar-refractivity contribution in [3.63, 3.8) is 0 Å². The monoisotopic (exact) mass is 437 g/mol. The molecule has 0 saturated heterocycles. The van der Waals surface area contributed by atoms with Crippen molar-refractivity contribution in [1.29, 1.82) is 0 Å². The van der Waals surface area contributed by atoms with Gasteiger partial charge in [-0.15, -0.1) is 0 Å². The van der Waals surface area contributed by atoms with Crippen LogP contribution in [0, 0.1) is 38.4 Å². The van der Waals surface area contributed by atoms with Gasteiger partial charge in [0.25, 0.3) is 5.91 Å². The summed E-state index contributed by atoms with van der Waals surface area (Å²) in [6.07, 6.45) is 3.60. The molecule has 7 nitrogen and oxygen atoms in total. The van der Waals surface area contributed by atoms with Crippen molar-refractivity contribution < 1.29 is 14.0 Å². The molecule has 3 aromatic rings. The van der Waals surface area contributed by atoms with E-state index in [1.54, 1.807) is 23.7 Å². The molecule has 0 aliphatic heterocycles. The summed E-state index contributed by atoms with van der Waals surface area (Å²) in [5, 5.41) is 10.3. The highest BCUT2D eigenvalue weighted by Gasteiger charge is 2.33. The minimum absolute atomic E-state index is 0.0278. The van der Waals surface area contributed by atoms with Crippen LogP contribution in [0.5, 0.6) is 0 Å². The van der Waals surface area contributed by atoms with E-state index >= 15 is 0 Å². The fraction of sp³-hybridized carbons (Fsp3) is 0.417. The molecule has 1 aromatic carbocycles. The Morgan fingerprint density at radius 3 is 2.66 bits per heavy atom. The smallest absolute Gasteiger partial charge is 0.256 e. The molecular weight excluding hydrogens is 409 g/mol. The quantitative estimate of drug-likeness (QED) is 0.647. The number of halogens is 1. The van der Waals surface area contributed by atoms with Gasteiger partial charge in [0.1, 0.15) is 11.4 Å². The standard InChI is InChI=1S/C24H28FN5O2/c1-13-9-17(23(31)28-21-8-6-18(25)10-14(21)2)5-7-20(13)29-24(32)19-12-26-30-16(4)11-15(3)27-22(19)30/h6,8,10-13,17,20H,5,7,9H2,1-4H3,(H,28,31)(H,29,32). The first-order valence-corrected chi connectivity index (χ1v) is 10.9. The van der Waals surface area contributed by atoms with Gasteiger partial charge in [-0.05, 0) is 75.8 Å². The zero-order valence-corrected chi connectivity index (χ0v) is 18.8. The van der Waals surface area contributed by atoms with E-state index in [9.17, 15) is 14.0 Å². The summed E-state index contributed by atoms with van der Waals surface area (Å²) in [6.45, 7) is 7.64. The predicted molar refractivity (Wildman–Crippen MR) is 120 cm³/mol. The molecule has 0 spiro atoms. The molecule has 4 rings (SSSR count). The first-order chi connectivity index (χ1) is 15.2. The van der Waals surface area contributed by atoms with Gasteiger partial charge in [-0.25, -0.2) is 13.9 Å². The Kier molecular flexibility index (Phi) is 5.95. The molecule has 168 valence electrons. The van der Waals surface area contributed by atoms with Crippen LogP contribution in [-0.4, -0.2) is 32.5 Å². The van der Waals surface area contributed by atoms with E-state index in [4.69, 9.17) is 0 Å². The number of anilines is 1. The van der Waals surface area contributed by atoms with Gasteiger partial charge >= 0.3 is 0 Å². The number of rotatable bonds is 4. The van der Waals surface area contributed by atoms with Crippen molar-refractivity contribution in [3.8, 4) is 0 Å². The fourth-order valence-electron chi connectivity index (χ4n) is 4.53. The molecule has 3 atom stereocenters. The Labute approximate surface area is 186 Å². The molecule has 2 N–H and O–H groups in total. The van der Waals surface area contributed by atoms with Crippen LogP contribution in [-0.2, 0) is 4.79 Å². The van der Waals surface area contributed by atoms with Crippen LogP contribution < -0.4 is 10.6 Å². The molecule has 1 aliphatic rings. The van der Waals surface area contributed by atoms with Gasteiger partial charge in [0.15, 0.2) is 5.65 Å². The Balaban J connectivity index is 1.39. The lowest BCUT2D eigenvalue weighted by molar-refractivity contribution is -0.121. The van der Waals surface area contributed by atoms with Crippen LogP contribution >= 0.6 is 0 Å². The van der Waals surface area contributed by atoms with E-state index in [0.717, 1.165) is 11.4 Å². The summed E-state index contributed by atoms with van der Waals surface area (Å²) in [7, 11) is 0. The molecule has 2 amide bonds. The molecular formula is C24H28FN5O2. The Bertz CT molecular complexity index is 1190. The number of carbonyl (C=O) groups excluding carboxylic acids is 2. The number of aryl methyl sites for hydroxylation is 3. The van der Waals surface area contributed by atoms with Gasteiger partial charge in [0.2, 0.25) is 5.91 Å². The van der Waals surface area contributed by atoms with Crippen LogP contribution in [0.2, 0.25) is 0 Å². The third-order valence-corrected chi connectivity index (χ3v) is 6.33. The second-order valence-corrected chi connectivity index (χ2v) is 8.85. The van der Waals surface area contributed by atoms with Gasteiger partial charge < -0.3 is 10.6 Å². The Morgan fingerprint density at radius 1 is 1.16 bits per heavy atom. The second kappa shape index (κ2) is 8.68. The summed E-state index contributed by atoms with van der Waals surface area (Å²) in [6, 6.07) is 6.23. The second-order valence-electron chi connectivity index (χ2n) is 8.85. The number of hydrogen-bond acceptors (Lipinski definition) is 4. The van der Waals surface area contributed by atoms with Crippen molar-refractivity contribution in [1.82, 2.24) is 19.9 Å². The maximum absolute atomic E-state index is 13.3. The van der Waals surface area contributed by atoms with Crippen molar-refractivity contribution >= 4 is 23.1 Å². The predicted octanol–water partition coefficient (Wildman–Crippen LogP) is 3.97. The SMILES string of the molecule is Cc1cc(C)n2ncc(C(=O)NC3CCC(C(=O)Nc4ccc(F)cc4C)CC3C)c2n1. The van der Waals surface area contributed by atoms with Crippen LogP contribution in [0.3, 0.4) is 0 Å². The summed E-state index contributed by atoms with van der Waals surface area (Å²) in [4.78, 5) is 30.2. The number of fused-ring (bicyclic) bond motifs is 1. The molecule has 0 radical (unpaired) electrons. The largest absolute Gasteiger partial charge is 0.349 e. The average molecular weight is 438 g/mol. The van der Waals surface area contributed by atoms with E-state index in [-0.39, 0.29) is 35.5 Å². The molecule has 3 unspecified atom stereocenters. The van der Waals surface area contributed by atoms with E-state index in [0.29, 0.717) is 41.7 Å². The zero-order valence-electron chi connectivity index (χ0n) is 18.8. The lowest BCUT2D eigenvalue weighted by Gasteiger charge is -2.34. The number of hydrogen-bond donors (Lipinski definition) is 2. The van der Waals surface area contributed by atoms with Crippen molar-refractivity contribution in [3.05, 3.63) is 58.8 Å². The summed E-state index contributed by atoms with van der Waals surface area (Å²) >= 11 is 0. The summed E-state index contributed by atoms with van der Waals surface area (Å²) in [5.74, 6) is -0.590. The minimum Gasteiger partial charge on any atom is -0.349 e. The van der Waals surface area contributed by atoms with Crippen LogP contribution in [0.15, 0.2) is 30.5 Å². The van der Waals surface area contributed by atoms with Crippen LogP contribution in [0.25, 0.3) is 5.65 Å². The van der Waals surface area contributed by atoms with E-state index in [1.807, 2.05) is 19.9 Å². The number of nitrogens with zero attached hydrogens (tertiary/aromatic N) is 3. The van der Waals surface area contributed by atoms with E-state index in [2.05, 4.69) is 27.6 Å². The Hall–Kier alpha value is -3.29. The highest BCUT2D eigenvalue weighted by molar-refractivity contribution is 6.00. The molecule has 32 heavy (non-hydrogen) atoms. The number of nitrogens with one attached hydrogen (secondary N) is 2. The normalized spacial score (nSPS) is 20.8. The number of aromatic nitrogens is 3. The number of carbonyl (C=O) groups is 2. The number of amides is 2. The molecule has 1 saturated carbocycles. The van der Waals surface area contributed by atoms with Gasteiger partial charge in [-0.2, -0.15) is 5.10 Å². The molecule has 1 fully saturated rings. The van der Waals surface area contributed by atoms with Crippen molar-refractivity contribution in [2.75, 3.05) is 5.32 Å². The minimum atomic E-state index is -0.322. The summed E-state index contributed by atoms with van der Waals surface area (Å²) in [5.41, 5.74) is 4.08. The topological polar surface area (TPSA) is 88.4 Å². The highest BCUT2D eigenvalue weighted by Crippen LogP contribution is 2.31. The lowest BCUT2D eigenvalue weighted by Crippen LogP contribution is -2.44. The van der Waals surface area contributed by atoms with Crippen LogP contribution in [0.4, 0.5) is 10.1 Å². The fourth-order valence-corrected chi connectivity index (χ4v) is 4.53. The highest BCUT2D eigenvalue weighted by atomic mass is 19.1. The lowest BCUT2D eigenvalue weighted by atomic mass is 9.78. The number of benzene rings is 1. The Morgan fingerprint density at radius 2 is 1.94 bits per heavy atom. The maximum atomic E-state index is 13.3. The molecule has 2 heterocycles. The van der Waals surface area contributed by atoms with E-state index < -0.39 is 0 Å². The third kappa shape index (κ3) is 4.35.